The zero-order chi connectivity index (χ0) is 19.1. The molecule has 4 rings (SSSR count). The number of hydrogen-bond acceptors (Lipinski definition) is 4. The maximum Gasteiger partial charge on any atom is 0.290 e. The van der Waals surface area contributed by atoms with Crippen LogP contribution >= 0.6 is 11.6 Å². The lowest BCUT2D eigenvalue weighted by Crippen LogP contribution is -2.31. The Labute approximate surface area is 160 Å². The number of aliphatic hydroxyl groups excluding tert-OH is 1. The van der Waals surface area contributed by atoms with E-state index >= 15 is 0 Å². The molecule has 1 amide bonds. The van der Waals surface area contributed by atoms with Crippen molar-refractivity contribution in [1.82, 2.24) is 4.90 Å². The van der Waals surface area contributed by atoms with Crippen molar-refractivity contribution in [3.63, 3.8) is 0 Å². The summed E-state index contributed by atoms with van der Waals surface area (Å²) in [6.45, 7) is 2.16. The number of carbonyl (C=O) groups is 1. The number of halogens is 1. The second-order valence-electron chi connectivity index (χ2n) is 6.71. The first-order valence-corrected chi connectivity index (χ1v) is 9.13. The minimum atomic E-state index is -0.584. The molecule has 0 spiro atoms. The number of benzene rings is 2. The van der Waals surface area contributed by atoms with Gasteiger partial charge in [0, 0.05) is 18.2 Å². The van der Waals surface area contributed by atoms with E-state index < -0.39 is 6.04 Å². The molecule has 0 aliphatic carbocycles. The number of rotatable bonds is 4. The van der Waals surface area contributed by atoms with Gasteiger partial charge in [0.2, 0.25) is 5.76 Å². The minimum absolute atomic E-state index is 0.0507. The van der Waals surface area contributed by atoms with Crippen molar-refractivity contribution in [2.45, 2.75) is 19.4 Å². The summed E-state index contributed by atoms with van der Waals surface area (Å²) in [4.78, 5) is 27.9. The van der Waals surface area contributed by atoms with Crippen LogP contribution in [0.2, 0.25) is 5.02 Å². The van der Waals surface area contributed by atoms with Crippen LogP contribution in [0.25, 0.3) is 11.0 Å². The van der Waals surface area contributed by atoms with Crippen molar-refractivity contribution in [2.24, 2.45) is 0 Å². The van der Waals surface area contributed by atoms with Crippen LogP contribution in [0.15, 0.2) is 51.7 Å². The molecule has 0 saturated heterocycles. The van der Waals surface area contributed by atoms with Crippen molar-refractivity contribution in [2.75, 3.05) is 13.2 Å². The molecular formula is C21H18ClNO4. The predicted octanol–water partition coefficient (Wildman–Crippen LogP) is 3.68. The predicted molar refractivity (Wildman–Crippen MR) is 103 cm³/mol. The van der Waals surface area contributed by atoms with Crippen molar-refractivity contribution in [3.8, 4) is 0 Å². The molecule has 138 valence electrons. The fourth-order valence-corrected chi connectivity index (χ4v) is 3.83. The topological polar surface area (TPSA) is 70.8 Å². The van der Waals surface area contributed by atoms with Crippen LogP contribution < -0.4 is 5.43 Å². The third-order valence-corrected chi connectivity index (χ3v) is 5.08. The van der Waals surface area contributed by atoms with Gasteiger partial charge < -0.3 is 14.4 Å². The fraction of sp³-hybridized carbons (Fsp3) is 0.238. The largest absolute Gasteiger partial charge is 0.450 e. The van der Waals surface area contributed by atoms with Crippen molar-refractivity contribution in [3.05, 3.63) is 80.2 Å². The summed E-state index contributed by atoms with van der Waals surface area (Å²) in [6.07, 6.45) is 0.406. The smallest absolute Gasteiger partial charge is 0.290 e. The van der Waals surface area contributed by atoms with Gasteiger partial charge in [0.1, 0.15) is 5.58 Å². The molecule has 0 radical (unpaired) electrons. The highest BCUT2D eigenvalue weighted by Gasteiger charge is 2.42. The number of nitrogens with zero attached hydrogens (tertiary/aromatic N) is 1. The van der Waals surface area contributed by atoms with Gasteiger partial charge in [-0.1, -0.05) is 35.4 Å². The third-order valence-electron chi connectivity index (χ3n) is 4.84. The van der Waals surface area contributed by atoms with E-state index in [1.807, 2.05) is 19.1 Å². The summed E-state index contributed by atoms with van der Waals surface area (Å²) in [6, 6.07) is 11.9. The lowest BCUT2D eigenvalue weighted by Gasteiger charge is -2.25. The van der Waals surface area contributed by atoms with Gasteiger partial charge in [-0.2, -0.15) is 0 Å². The van der Waals surface area contributed by atoms with Crippen LogP contribution in [0, 0.1) is 6.92 Å². The summed E-state index contributed by atoms with van der Waals surface area (Å²) in [5.74, 6) is -0.276. The molecular weight excluding hydrogens is 366 g/mol. The molecule has 1 aliphatic rings. The molecule has 0 unspecified atom stereocenters. The van der Waals surface area contributed by atoms with Crippen LogP contribution in [-0.2, 0) is 0 Å². The lowest BCUT2D eigenvalue weighted by molar-refractivity contribution is 0.0716. The molecule has 2 aromatic carbocycles. The van der Waals surface area contributed by atoms with E-state index in [1.165, 1.54) is 0 Å². The number of fused-ring (bicyclic) bond motifs is 2. The number of amides is 1. The second kappa shape index (κ2) is 6.83. The first kappa shape index (κ1) is 17.8. The molecule has 1 aromatic heterocycles. The highest BCUT2D eigenvalue weighted by molar-refractivity contribution is 6.30. The summed E-state index contributed by atoms with van der Waals surface area (Å²) >= 11 is 6.15. The summed E-state index contributed by atoms with van der Waals surface area (Å²) in [5.41, 5.74) is 2.20. The Kier molecular flexibility index (Phi) is 4.50. The van der Waals surface area contributed by atoms with Crippen LogP contribution in [0.4, 0.5) is 0 Å². The molecule has 6 heteroatoms. The van der Waals surface area contributed by atoms with E-state index in [1.54, 1.807) is 35.2 Å². The average molecular weight is 384 g/mol. The standard InChI is InChI=1S/C21H18ClNO4/c1-12-6-7-16-15(10-12)19(25)17-18(13-4-2-5-14(22)11-13)23(8-3-9-24)21(26)20(17)27-16/h2,4-7,10-11,18,24H,3,8-9H2,1H3/t18-/m0/s1. The van der Waals surface area contributed by atoms with Gasteiger partial charge >= 0.3 is 0 Å². The van der Waals surface area contributed by atoms with Crippen LogP contribution in [0.5, 0.6) is 0 Å². The van der Waals surface area contributed by atoms with Gasteiger partial charge in [0.05, 0.1) is 17.0 Å². The molecule has 1 N–H and O–H groups in total. The number of hydrogen-bond donors (Lipinski definition) is 1. The Morgan fingerprint density at radius 1 is 1.19 bits per heavy atom. The lowest BCUT2D eigenvalue weighted by atomic mass is 9.98. The Bertz CT molecular complexity index is 1110. The first-order chi connectivity index (χ1) is 13.0. The molecule has 0 fully saturated rings. The molecule has 2 heterocycles. The minimum Gasteiger partial charge on any atom is -0.450 e. The van der Waals surface area contributed by atoms with Crippen LogP contribution in [-0.4, -0.2) is 29.1 Å². The van der Waals surface area contributed by atoms with Gasteiger partial charge in [-0.25, -0.2) is 0 Å². The maximum absolute atomic E-state index is 13.3. The van der Waals surface area contributed by atoms with Crippen LogP contribution in [0.3, 0.4) is 0 Å². The zero-order valence-electron chi connectivity index (χ0n) is 14.7. The molecule has 5 nitrogen and oxygen atoms in total. The number of carbonyl (C=O) groups excluding carboxylic acids is 1. The van der Waals surface area contributed by atoms with E-state index in [9.17, 15) is 14.7 Å². The molecule has 0 saturated carbocycles. The fourth-order valence-electron chi connectivity index (χ4n) is 3.63. The molecule has 27 heavy (non-hydrogen) atoms. The van der Waals surface area contributed by atoms with Gasteiger partial charge in [0.25, 0.3) is 5.91 Å². The van der Waals surface area contributed by atoms with E-state index in [0.717, 1.165) is 11.1 Å². The van der Waals surface area contributed by atoms with Crippen LogP contribution in [0.1, 0.15) is 39.7 Å². The number of aliphatic hydroxyl groups is 1. The highest BCUT2D eigenvalue weighted by Crippen LogP contribution is 2.38. The summed E-state index contributed by atoms with van der Waals surface area (Å²) in [7, 11) is 0. The van der Waals surface area contributed by atoms with Gasteiger partial charge in [0.15, 0.2) is 5.43 Å². The van der Waals surface area contributed by atoms with E-state index in [2.05, 4.69) is 0 Å². The van der Waals surface area contributed by atoms with Gasteiger partial charge in [-0.15, -0.1) is 0 Å². The molecule has 1 aliphatic heterocycles. The van der Waals surface area contributed by atoms with E-state index in [0.29, 0.717) is 34.5 Å². The van der Waals surface area contributed by atoms with Crippen molar-refractivity contribution in [1.29, 1.82) is 0 Å². The monoisotopic (exact) mass is 383 g/mol. The SMILES string of the molecule is Cc1ccc2oc3c(c(=O)c2c1)[C@H](c1cccc(Cl)c1)N(CCCO)C3=O. The van der Waals surface area contributed by atoms with E-state index in [-0.39, 0.29) is 23.7 Å². The Morgan fingerprint density at radius 2 is 2.00 bits per heavy atom. The quantitative estimate of drug-likeness (QED) is 0.746. The normalized spacial score (nSPS) is 16.2. The maximum atomic E-state index is 13.3. The Hall–Kier alpha value is -2.63. The van der Waals surface area contributed by atoms with Crippen molar-refractivity contribution >= 4 is 28.5 Å². The number of aryl methyl sites for hydroxylation is 1. The Balaban J connectivity index is 1.99. The average Bonchev–Trinajstić information content (AvgIpc) is 2.93. The van der Waals surface area contributed by atoms with E-state index in [4.69, 9.17) is 16.0 Å². The molecule has 0 bridgehead atoms. The zero-order valence-corrected chi connectivity index (χ0v) is 15.5. The third kappa shape index (κ3) is 2.93. The molecule has 3 aromatic rings. The first-order valence-electron chi connectivity index (χ1n) is 8.76. The van der Waals surface area contributed by atoms with Gasteiger partial charge in [-0.05, 0) is 43.2 Å². The van der Waals surface area contributed by atoms with Gasteiger partial charge in [-0.3, -0.25) is 9.59 Å². The Morgan fingerprint density at radius 3 is 2.74 bits per heavy atom. The highest BCUT2D eigenvalue weighted by atomic mass is 35.5. The summed E-state index contributed by atoms with van der Waals surface area (Å²) < 4.78 is 5.86. The summed E-state index contributed by atoms with van der Waals surface area (Å²) in [5, 5.41) is 10.2. The van der Waals surface area contributed by atoms with Crippen molar-refractivity contribution < 1.29 is 14.3 Å². The molecule has 1 atom stereocenters. The second-order valence-corrected chi connectivity index (χ2v) is 7.14.